The van der Waals surface area contributed by atoms with Gasteiger partial charge in [-0.1, -0.05) is 0 Å². The molecule has 0 bridgehead atoms. The van der Waals surface area contributed by atoms with Gasteiger partial charge in [0.05, 0.1) is 30.0 Å². The van der Waals surface area contributed by atoms with Crippen molar-refractivity contribution in [3.05, 3.63) is 48.1 Å². The van der Waals surface area contributed by atoms with Crippen molar-refractivity contribution in [2.24, 2.45) is 7.05 Å². The van der Waals surface area contributed by atoms with Crippen molar-refractivity contribution in [1.82, 2.24) is 34.3 Å². The monoisotopic (exact) mass is 410 g/mol. The smallest absolute Gasteiger partial charge is 0.272 e. The second-order valence-corrected chi connectivity index (χ2v) is 7.29. The Kier molecular flexibility index (Phi) is 5.40. The average molecular weight is 410 g/mol. The van der Waals surface area contributed by atoms with Gasteiger partial charge in [-0.25, -0.2) is 24.3 Å². The molecule has 0 saturated carbocycles. The first kappa shape index (κ1) is 19.9. The van der Waals surface area contributed by atoms with Crippen LogP contribution in [0.5, 0.6) is 0 Å². The zero-order valence-electron chi connectivity index (χ0n) is 17.1. The number of imidazole rings is 1. The highest BCUT2D eigenvalue weighted by Gasteiger charge is 2.21. The summed E-state index contributed by atoms with van der Waals surface area (Å²) in [4.78, 5) is 33.3. The summed E-state index contributed by atoms with van der Waals surface area (Å²) in [5.41, 5.74) is 1.70. The fraction of sp³-hybridized carbons (Fsp3) is 0.350. The summed E-state index contributed by atoms with van der Waals surface area (Å²) < 4.78 is 16.0. The molecular weight excluding hydrogens is 387 g/mol. The molecule has 1 N–H and O–H groups in total. The maximum Gasteiger partial charge on any atom is 0.272 e. The van der Waals surface area contributed by atoms with E-state index >= 15 is 0 Å². The Labute approximate surface area is 173 Å². The second-order valence-electron chi connectivity index (χ2n) is 7.29. The van der Waals surface area contributed by atoms with Gasteiger partial charge >= 0.3 is 0 Å². The van der Waals surface area contributed by atoms with Gasteiger partial charge in [0.2, 0.25) is 5.95 Å². The van der Waals surface area contributed by atoms with Crippen LogP contribution in [0.25, 0.3) is 11.4 Å². The number of pyridine rings is 1. The summed E-state index contributed by atoms with van der Waals surface area (Å²) >= 11 is 0. The van der Waals surface area contributed by atoms with Crippen LogP contribution in [0.15, 0.2) is 30.7 Å². The van der Waals surface area contributed by atoms with Gasteiger partial charge in [0.15, 0.2) is 5.82 Å². The van der Waals surface area contributed by atoms with Crippen LogP contribution in [0.1, 0.15) is 16.3 Å². The van der Waals surface area contributed by atoms with Crippen molar-refractivity contribution in [2.75, 3.05) is 38.5 Å². The van der Waals surface area contributed by atoms with Crippen molar-refractivity contribution in [3.8, 4) is 11.4 Å². The minimum absolute atomic E-state index is 0.0819. The van der Waals surface area contributed by atoms with Crippen molar-refractivity contribution < 1.29 is 9.18 Å². The Bertz CT molecular complexity index is 1060. The highest BCUT2D eigenvalue weighted by molar-refractivity contribution is 5.92. The van der Waals surface area contributed by atoms with E-state index in [-0.39, 0.29) is 17.5 Å². The van der Waals surface area contributed by atoms with Crippen LogP contribution in [0.2, 0.25) is 0 Å². The molecule has 0 spiro atoms. The summed E-state index contributed by atoms with van der Waals surface area (Å²) in [6.07, 6.45) is 4.24. The third-order valence-corrected chi connectivity index (χ3v) is 5.24. The van der Waals surface area contributed by atoms with Crippen LogP contribution in [0.3, 0.4) is 0 Å². The molecule has 0 atom stereocenters. The third kappa shape index (κ3) is 3.99. The number of carbonyl (C=O) groups excluding carboxylic acids is 1. The Morgan fingerprint density at radius 2 is 1.80 bits per heavy atom. The van der Waals surface area contributed by atoms with E-state index < -0.39 is 5.82 Å². The number of rotatable bonds is 4. The number of amides is 1. The van der Waals surface area contributed by atoms with Gasteiger partial charge in [-0.15, -0.1) is 0 Å². The maximum atomic E-state index is 14.3. The SMILES string of the molecule is Cc1ncc(-c2nc(Nc3ccc(C(=O)N4CCN(C)CC4)nc3)ncc2F)n1C. The first-order valence-corrected chi connectivity index (χ1v) is 9.64. The Morgan fingerprint density at radius 1 is 1.03 bits per heavy atom. The lowest BCUT2D eigenvalue weighted by molar-refractivity contribution is 0.0658. The molecule has 3 aromatic heterocycles. The molecule has 1 saturated heterocycles. The summed E-state index contributed by atoms with van der Waals surface area (Å²) in [7, 11) is 3.84. The van der Waals surface area contributed by atoms with Crippen LogP contribution >= 0.6 is 0 Å². The van der Waals surface area contributed by atoms with Gasteiger partial charge in [0.1, 0.15) is 17.2 Å². The number of aromatic nitrogens is 5. The van der Waals surface area contributed by atoms with Crippen LogP contribution in [0, 0.1) is 12.7 Å². The molecule has 30 heavy (non-hydrogen) atoms. The van der Waals surface area contributed by atoms with Gasteiger partial charge in [0.25, 0.3) is 5.91 Å². The Hall–Kier alpha value is -3.40. The molecule has 0 aliphatic carbocycles. The normalized spacial score (nSPS) is 14.7. The number of piperazine rings is 1. The molecule has 9 nitrogen and oxygen atoms in total. The van der Waals surface area contributed by atoms with Gasteiger partial charge in [0, 0.05) is 33.2 Å². The third-order valence-electron chi connectivity index (χ3n) is 5.24. The van der Waals surface area contributed by atoms with Crippen molar-refractivity contribution >= 4 is 17.5 Å². The maximum absolute atomic E-state index is 14.3. The number of halogens is 1. The van der Waals surface area contributed by atoms with Crippen LogP contribution in [0.4, 0.5) is 16.0 Å². The number of carbonyl (C=O) groups is 1. The van der Waals surface area contributed by atoms with Crippen molar-refractivity contribution in [1.29, 1.82) is 0 Å². The average Bonchev–Trinajstić information content (AvgIpc) is 3.08. The second kappa shape index (κ2) is 8.15. The predicted molar refractivity (Wildman–Crippen MR) is 110 cm³/mol. The summed E-state index contributed by atoms with van der Waals surface area (Å²) in [6.45, 7) is 4.92. The lowest BCUT2D eigenvalue weighted by atomic mass is 10.2. The Morgan fingerprint density at radius 3 is 2.43 bits per heavy atom. The van der Waals surface area contributed by atoms with E-state index in [2.05, 4.69) is 30.2 Å². The Balaban J connectivity index is 1.49. The summed E-state index contributed by atoms with van der Waals surface area (Å²) in [5, 5.41) is 3.01. The van der Waals surface area contributed by atoms with Gasteiger partial charge in [-0.05, 0) is 26.1 Å². The predicted octanol–water partition coefficient (Wildman–Crippen LogP) is 1.85. The summed E-state index contributed by atoms with van der Waals surface area (Å²) in [6, 6.07) is 3.40. The van der Waals surface area contributed by atoms with Crippen molar-refractivity contribution in [3.63, 3.8) is 0 Å². The summed E-state index contributed by atoms with van der Waals surface area (Å²) in [5.74, 6) is 0.365. The zero-order valence-corrected chi connectivity index (χ0v) is 17.1. The molecule has 1 aliphatic rings. The van der Waals surface area contributed by atoms with Crippen LogP contribution < -0.4 is 5.32 Å². The number of nitrogens with one attached hydrogen (secondary N) is 1. The number of hydrogen-bond donors (Lipinski definition) is 1. The molecule has 156 valence electrons. The van der Waals surface area contributed by atoms with Gasteiger partial charge < -0.3 is 19.7 Å². The number of anilines is 2. The number of likely N-dealkylation sites (N-methyl/N-ethyl adjacent to an activating group) is 1. The standard InChI is InChI=1S/C20H23FN8O/c1-13-22-12-17(28(13)3)18-15(21)11-24-20(26-18)25-14-4-5-16(23-10-14)19(30)29-8-6-27(2)7-9-29/h4-5,10-12H,6-9H2,1-3H3,(H,24,25,26). The van der Waals surface area contributed by atoms with E-state index in [1.54, 1.807) is 41.0 Å². The first-order valence-electron chi connectivity index (χ1n) is 9.64. The fourth-order valence-corrected chi connectivity index (χ4v) is 3.22. The first-order chi connectivity index (χ1) is 14.4. The van der Waals surface area contributed by atoms with E-state index in [4.69, 9.17) is 0 Å². The molecular formula is C20H23FN8O. The zero-order chi connectivity index (χ0) is 21.3. The molecule has 4 heterocycles. The largest absolute Gasteiger partial charge is 0.335 e. The molecule has 4 rings (SSSR count). The van der Waals surface area contributed by atoms with Crippen molar-refractivity contribution in [2.45, 2.75) is 6.92 Å². The number of aryl methyl sites for hydroxylation is 1. The van der Waals surface area contributed by atoms with Crippen LogP contribution in [-0.2, 0) is 7.05 Å². The lowest BCUT2D eigenvalue weighted by Gasteiger charge is -2.32. The number of nitrogens with zero attached hydrogens (tertiary/aromatic N) is 7. The molecule has 1 aliphatic heterocycles. The van der Waals surface area contributed by atoms with E-state index in [0.717, 1.165) is 25.1 Å². The van der Waals surface area contributed by atoms with Gasteiger partial charge in [-0.3, -0.25) is 4.79 Å². The highest BCUT2D eigenvalue weighted by atomic mass is 19.1. The molecule has 0 radical (unpaired) electrons. The van der Waals surface area contributed by atoms with E-state index in [9.17, 15) is 9.18 Å². The molecule has 0 aromatic carbocycles. The quantitative estimate of drug-likeness (QED) is 0.702. The lowest BCUT2D eigenvalue weighted by Crippen LogP contribution is -2.47. The molecule has 1 fully saturated rings. The minimum atomic E-state index is -0.533. The topological polar surface area (TPSA) is 92.1 Å². The van der Waals surface area contributed by atoms with E-state index in [1.165, 1.54) is 0 Å². The molecule has 10 heteroatoms. The molecule has 0 unspecified atom stereocenters. The van der Waals surface area contributed by atoms with E-state index in [0.29, 0.717) is 30.2 Å². The minimum Gasteiger partial charge on any atom is -0.335 e. The highest BCUT2D eigenvalue weighted by Crippen LogP contribution is 2.23. The van der Waals surface area contributed by atoms with Crippen LogP contribution in [-0.4, -0.2) is 73.4 Å². The molecule has 3 aromatic rings. The number of hydrogen-bond acceptors (Lipinski definition) is 7. The van der Waals surface area contributed by atoms with Gasteiger partial charge in [-0.2, -0.15) is 0 Å². The molecule has 1 amide bonds. The van der Waals surface area contributed by atoms with E-state index in [1.807, 2.05) is 14.0 Å². The fourth-order valence-electron chi connectivity index (χ4n) is 3.22.